The Morgan fingerprint density at radius 1 is 1.03 bits per heavy atom. The molecular formula is C22H18Cl2N2O3. The van der Waals surface area contributed by atoms with Crippen molar-refractivity contribution in [3.8, 4) is 0 Å². The van der Waals surface area contributed by atoms with Crippen molar-refractivity contribution < 1.29 is 14.3 Å². The van der Waals surface area contributed by atoms with Crippen molar-refractivity contribution in [3.05, 3.63) is 93.7 Å². The predicted octanol–water partition coefficient (Wildman–Crippen LogP) is 5.41. The minimum absolute atomic E-state index is 0.225. The highest BCUT2D eigenvalue weighted by Gasteiger charge is 2.20. The molecular weight excluding hydrogens is 411 g/mol. The fourth-order valence-corrected chi connectivity index (χ4v) is 3.21. The van der Waals surface area contributed by atoms with Crippen molar-refractivity contribution in [3.63, 3.8) is 0 Å². The van der Waals surface area contributed by atoms with Crippen LogP contribution in [0.15, 0.2) is 67.0 Å². The van der Waals surface area contributed by atoms with Gasteiger partial charge in [0.2, 0.25) is 0 Å². The number of carbonyl (C=O) groups excluding carboxylic acids is 2. The van der Waals surface area contributed by atoms with Crippen LogP contribution < -0.4 is 4.90 Å². The van der Waals surface area contributed by atoms with Gasteiger partial charge in [0.25, 0.3) is 5.91 Å². The first-order valence-corrected chi connectivity index (χ1v) is 9.68. The number of nitrogens with zero attached hydrogens (tertiary/aromatic N) is 2. The Labute approximate surface area is 178 Å². The lowest BCUT2D eigenvalue weighted by atomic mass is 10.1. The van der Waals surface area contributed by atoms with Crippen LogP contribution in [0.3, 0.4) is 0 Å². The lowest BCUT2D eigenvalue weighted by Crippen LogP contribution is -2.30. The highest BCUT2D eigenvalue weighted by atomic mass is 35.5. The van der Waals surface area contributed by atoms with Gasteiger partial charge in [0.05, 0.1) is 24.3 Å². The molecule has 0 unspecified atom stereocenters. The first-order chi connectivity index (χ1) is 14.0. The summed E-state index contributed by atoms with van der Waals surface area (Å²) in [6.45, 7) is 2.26. The van der Waals surface area contributed by atoms with E-state index in [9.17, 15) is 9.59 Å². The highest BCUT2D eigenvalue weighted by Crippen LogP contribution is 2.26. The third kappa shape index (κ3) is 5.13. The van der Waals surface area contributed by atoms with Gasteiger partial charge in [-0.25, -0.2) is 4.79 Å². The van der Waals surface area contributed by atoms with Gasteiger partial charge in [0, 0.05) is 28.1 Å². The van der Waals surface area contributed by atoms with Crippen molar-refractivity contribution in [2.24, 2.45) is 0 Å². The molecule has 3 rings (SSSR count). The summed E-state index contributed by atoms with van der Waals surface area (Å²) in [6, 6.07) is 15.2. The Kier molecular flexibility index (Phi) is 6.86. The van der Waals surface area contributed by atoms with Crippen molar-refractivity contribution >= 4 is 40.8 Å². The van der Waals surface area contributed by atoms with Crippen LogP contribution in [0.1, 0.15) is 33.2 Å². The largest absolute Gasteiger partial charge is 0.462 e. The summed E-state index contributed by atoms with van der Waals surface area (Å²) in [5.41, 5.74) is 2.20. The summed E-state index contributed by atoms with van der Waals surface area (Å²) >= 11 is 12.3. The molecule has 0 aliphatic carbocycles. The van der Waals surface area contributed by atoms with Gasteiger partial charge in [0.1, 0.15) is 0 Å². The van der Waals surface area contributed by atoms with Crippen LogP contribution in [0.25, 0.3) is 0 Å². The van der Waals surface area contributed by atoms with Crippen LogP contribution in [0, 0.1) is 0 Å². The van der Waals surface area contributed by atoms with E-state index in [2.05, 4.69) is 4.98 Å². The molecule has 148 valence electrons. The van der Waals surface area contributed by atoms with E-state index in [1.54, 1.807) is 72.6 Å². The molecule has 0 bridgehead atoms. The third-order valence-electron chi connectivity index (χ3n) is 4.19. The molecule has 0 aliphatic heterocycles. The summed E-state index contributed by atoms with van der Waals surface area (Å²) < 4.78 is 5.01. The first-order valence-electron chi connectivity index (χ1n) is 8.92. The number of aromatic nitrogens is 1. The Hall–Kier alpha value is -2.89. The van der Waals surface area contributed by atoms with Crippen molar-refractivity contribution in [1.82, 2.24) is 4.98 Å². The van der Waals surface area contributed by atoms with E-state index < -0.39 is 5.97 Å². The van der Waals surface area contributed by atoms with E-state index in [-0.39, 0.29) is 12.5 Å². The van der Waals surface area contributed by atoms with E-state index in [1.807, 2.05) is 0 Å². The average molecular weight is 429 g/mol. The van der Waals surface area contributed by atoms with Crippen LogP contribution in [-0.4, -0.2) is 23.5 Å². The number of hydrogen-bond acceptors (Lipinski definition) is 4. The maximum Gasteiger partial charge on any atom is 0.338 e. The van der Waals surface area contributed by atoms with Gasteiger partial charge in [0.15, 0.2) is 0 Å². The fourth-order valence-electron chi connectivity index (χ4n) is 2.74. The van der Waals surface area contributed by atoms with Crippen LogP contribution in [0.5, 0.6) is 0 Å². The standard InChI is InChI=1S/C22H18Cl2N2O3/c1-2-29-22(28)15-6-9-19(10-7-15)26(21(27)16-4-3-11-25-13-16)14-17-5-8-18(23)12-20(17)24/h3-13H,2,14H2,1H3. The summed E-state index contributed by atoms with van der Waals surface area (Å²) in [4.78, 5) is 30.7. The van der Waals surface area contributed by atoms with Crippen molar-refractivity contribution in [2.45, 2.75) is 13.5 Å². The Morgan fingerprint density at radius 2 is 1.79 bits per heavy atom. The van der Waals surface area contributed by atoms with E-state index in [1.165, 1.54) is 6.20 Å². The SMILES string of the molecule is CCOC(=O)c1ccc(N(Cc2ccc(Cl)cc2Cl)C(=O)c2cccnc2)cc1. The number of halogens is 2. The number of carbonyl (C=O) groups is 2. The molecule has 7 heteroatoms. The molecule has 0 saturated heterocycles. The summed E-state index contributed by atoms with van der Waals surface area (Å²) in [5.74, 6) is -0.655. The smallest absolute Gasteiger partial charge is 0.338 e. The molecule has 0 spiro atoms. The molecule has 29 heavy (non-hydrogen) atoms. The van der Waals surface area contributed by atoms with Gasteiger partial charge in [-0.15, -0.1) is 0 Å². The summed E-state index contributed by atoms with van der Waals surface area (Å²) in [7, 11) is 0. The van der Waals surface area contributed by atoms with Crippen LogP contribution in [-0.2, 0) is 11.3 Å². The van der Waals surface area contributed by atoms with Crippen LogP contribution in [0.4, 0.5) is 5.69 Å². The van der Waals surface area contributed by atoms with Crippen LogP contribution >= 0.6 is 23.2 Å². The Bertz CT molecular complexity index is 1010. The number of hydrogen-bond donors (Lipinski definition) is 0. The molecule has 2 aromatic carbocycles. The predicted molar refractivity (Wildman–Crippen MR) is 114 cm³/mol. The molecule has 0 atom stereocenters. The van der Waals surface area contributed by atoms with E-state index in [4.69, 9.17) is 27.9 Å². The third-order valence-corrected chi connectivity index (χ3v) is 4.77. The highest BCUT2D eigenvalue weighted by molar-refractivity contribution is 6.35. The summed E-state index contributed by atoms with van der Waals surface area (Å²) in [5, 5.41) is 0.979. The zero-order chi connectivity index (χ0) is 20.8. The maximum atomic E-state index is 13.2. The molecule has 0 radical (unpaired) electrons. The molecule has 1 aromatic heterocycles. The van der Waals surface area contributed by atoms with E-state index in [0.29, 0.717) is 33.5 Å². The van der Waals surface area contributed by atoms with Gasteiger partial charge < -0.3 is 9.64 Å². The van der Waals surface area contributed by atoms with E-state index >= 15 is 0 Å². The fraction of sp³-hybridized carbons (Fsp3) is 0.136. The molecule has 1 amide bonds. The number of rotatable bonds is 6. The van der Waals surface area contributed by atoms with Gasteiger partial charge in [-0.2, -0.15) is 0 Å². The first kappa shape index (κ1) is 20.8. The molecule has 0 aliphatic rings. The number of amides is 1. The number of pyridine rings is 1. The van der Waals surface area contributed by atoms with Gasteiger partial charge in [-0.3, -0.25) is 9.78 Å². The minimum atomic E-state index is -0.412. The second-order valence-corrected chi connectivity index (χ2v) is 6.98. The topological polar surface area (TPSA) is 59.5 Å². The second-order valence-electron chi connectivity index (χ2n) is 6.14. The number of ether oxygens (including phenoxy) is 1. The zero-order valence-corrected chi connectivity index (χ0v) is 17.2. The van der Waals surface area contributed by atoms with Crippen LogP contribution in [0.2, 0.25) is 10.0 Å². The average Bonchev–Trinajstić information content (AvgIpc) is 2.74. The normalized spacial score (nSPS) is 10.4. The Balaban J connectivity index is 1.96. The molecule has 0 fully saturated rings. The molecule has 5 nitrogen and oxygen atoms in total. The lowest BCUT2D eigenvalue weighted by molar-refractivity contribution is 0.0526. The number of benzene rings is 2. The quantitative estimate of drug-likeness (QED) is 0.492. The second kappa shape index (κ2) is 9.54. The molecule has 3 aromatic rings. The van der Waals surface area contributed by atoms with Gasteiger partial charge in [-0.05, 0) is 61.0 Å². The molecule has 1 heterocycles. The Morgan fingerprint density at radius 3 is 2.41 bits per heavy atom. The number of anilines is 1. The monoisotopic (exact) mass is 428 g/mol. The molecule has 0 N–H and O–H groups in total. The van der Waals surface area contributed by atoms with Crippen molar-refractivity contribution in [1.29, 1.82) is 0 Å². The zero-order valence-electron chi connectivity index (χ0n) is 15.6. The summed E-state index contributed by atoms with van der Waals surface area (Å²) in [6.07, 6.45) is 3.11. The number of esters is 1. The maximum absolute atomic E-state index is 13.2. The minimum Gasteiger partial charge on any atom is -0.462 e. The van der Waals surface area contributed by atoms with Gasteiger partial charge in [-0.1, -0.05) is 29.3 Å². The van der Waals surface area contributed by atoms with Crippen molar-refractivity contribution in [2.75, 3.05) is 11.5 Å². The lowest BCUT2D eigenvalue weighted by Gasteiger charge is -2.24. The van der Waals surface area contributed by atoms with Gasteiger partial charge >= 0.3 is 5.97 Å². The molecule has 0 saturated carbocycles. The van der Waals surface area contributed by atoms with E-state index in [0.717, 1.165) is 5.56 Å².